The van der Waals surface area contributed by atoms with Gasteiger partial charge in [0.2, 0.25) is 0 Å². The van der Waals surface area contributed by atoms with Crippen molar-refractivity contribution in [2.45, 2.75) is 25.7 Å². The number of nitrogens with zero attached hydrogens (tertiary/aromatic N) is 2. The van der Waals surface area contributed by atoms with E-state index in [0.717, 1.165) is 40.5 Å². The van der Waals surface area contributed by atoms with Crippen LogP contribution in [0.2, 0.25) is 0 Å². The van der Waals surface area contributed by atoms with Crippen molar-refractivity contribution < 1.29 is 4.79 Å². The summed E-state index contributed by atoms with van der Waals surface area (Å²) in [6, 6.07) is 8.30. The van der Waals surface area contributed by atoms with E-state index in [9.17, 15) is 4.79 Å². The van der Waals surface area contributed by atoms with Gasteiger partial charge in [0.15, 0.2) is 11.4 Å². The van der Waals surface area contributed by atoms with Crippen molar-refractivity contribution in [2.24, 2.45) is 0 Å². The van der Waals surface area contributed by atoms with Crippen molar-refractivity contribution in [2.75, 3.05) is 11.9 Å². The second-order valence-corrected chi connectivity index (χ2v) is 6.05. The lowest BCUT2D eigenvalue weighted by molar-refractivity contribution is 0.112. The number of rotatable bonds is 4. The average molecular weight is 272 g/mol. The smallest absolute Gasteiger partial charge is 0.190 e. The van der Waals surface area contributed by atoms with E-state index in [1.54, 1.807) is 0 Å². The van der Waals surface area contributed by atoms with Crippen LogP contribution in [0.1, 0.15) is 39.7 Å². The van der Waals surface area contributed by atoms with E-state index in [0.29, 0.717) is 5.92 Å². The molecule has 0 spiro atoms. The maximum absolute atomic E-state index is 11.1. The highest BCUT2D eigenvalue weighted by molar-refractivity contribution is 7.17. The molecule has 98 valence electrons. The standard InChI is InChI=1S/C15H16N2OS/c1-10-4-3-5-12(8-10)17(2)15-16-14(11-6-7-11)13(9-18)19-15/h3-5,8-9,11H,6-7H2,1-2H3. The first kappa shape index (κ1) is 12.4. The third kappa shape index (κ3) is 2.40. The molecule has 0 radical (unpaired) electrons. The van der Waals surface area contributed by atoms with Crippen LogP contribution >= 0.6 is 11.3 Å². The highest BCUT2D eigenvalue weighted by atomic mass is 32.1. The molecule has 0 unspecified atom stereocenters. The first-order chi connectivity index (χ1) is 9.19. The number of carbonyl (C=O) groups excluding carboxylic acids is 1. The molecule has 19 heavy (non-hydrogen) atoms. The molecule has 4 heteroatoms. The lowest BCUT2D eigenvalue weighted by Crippen LogP contribution is -2.09. The van der Waals surface area contributed by atoms with E-state index in [-0.39, 0.29) is 0 Å². The molecule has 2 aromatic rings. The molecule has 1 saturated carbocycles. The van der Waals surface area contributed by atoms with Gasteiger partial charge in [0, 0.05) is 18.7 Å². The number of benzene rings is 1. The van der Waals surface area contributed by atoms with Gasteiger partial charge in [-0.25, -0.2) is 4.98 Å². The van der Waals surface area contributed by atoms with Crippen LogP contribution in [0.4, 0.5) is 10.8 Å². The number of thiazole rings is 1. The van der Waals surface area contributed by atoms with Crippen molar-refractivity contribution in [3.8, 4) is 0 Å². The predicted octanol–water partition coefficient (Wildman–Crippen LogP) is 3.91. The van der Waals surface area contributed by atoms with E-state index in [1.807, 2.05) is 13.1 Å². The molecule has 3 rings (SSSR count). The molecule has 0 saturated heterocycles. The molecule has 3 nitrogen and oxygen atoms in total. The minimum atomic E-state index is 0.510. The second-order valence-electron chi connectivity index (χ2n) is 5.04. The Morgan fingerprint density at radius 2 is 2.21 bits per heavy atom. The first-order valence-corrected chi connectivity index (χ1v) is 7.27. The van der Waals surface area contributed by atoms with Gasteiger partial charge in [-0.1, -0.05) is 23.5 Å². The minimum absolute atomic E-state index is 0.510. The highest BCUT2D eigenvalue weighted by Gasteiger charge is 2.30. The van der Waals surface area contributed by atoms with E-state index in [1.165, 1.54) is 16.9 Å². The fraction of sp³-hybridized carbons (Fsp3) is 0.333. The van der Waals surface area contributed by atoms with Gasteiger partial charge in [-0.15, -0.1) is 0 Å². The summed E-state index contributed by atoms with van der Waals surface area (Å²) in [5.74, 6) is 0.510. The summed E-state index contributed by atoms with van der Waals surface area (Å²) in [7, 11) is 2.00. The topological polar surface area (TPSA) is 33.2 Å². The summed E-state index contributed by atoms with van der Waals surface area (Å²) in [4.78, 5) is 18.6. The Morgan fingerprint density at radius 1 is 1.42 bits per heavy atom. The molecule has 1 fully saturated rings. The van der Waals surface area contributed by atoms with E-state index in [4.69, 9.17) is 0 Å². The van der Waals surface area contributed by atoms with Crippen LogP contribution in [0, 0.1) is 6.92 Å². The number of aldehydes is 1. The van der Waals surface area contributed by atoms with Gasteiger partial charge in [0.05, 0.1) is 10.6 Å². The highest BCUT2D eigenvalue weighted by Crippen LogP contribution is 2.44. The van der Waals surface area contributed by atoms with Gasteiger partial charge in [-0.2, -0.15) is 0 Å². The minimum Gasteiger partial charge on any atom is -0.321 e. The molecular formula is C15H16N2OS. The Hall–Kier alpha value is -1.68. The van der Waals surface area contributed by atoms with Crippen molar-refractivity contribution in [1.82, 2.24) is 4.98 Å². The van der Waals surface area contributed by atoms with Crippen LogP contribution in [0.15, 0.2) is 24.3 Å². The monoisotopic (exact) mass is 272 g/mol. The zero-order valence-corrected chi connectivity index (χ0v) is 11.9. The SMILES string of the molecule is Cc1cccc(N(C)c2nc(C3CC3)c(C=O)s2)c1. The van der Waals surface area contributed by atoms with Gasteiger partial charge in [-0.3, -0.25) is 4.79 Å². The fourth-order valence-corrected chi connectivity index (χ4v) is 3.10. The van der Waals surface area contributed by atoms with Gasteiger partial charge >= 0.3 is 0 Å². The third-order valence-corrected chi connectivity index (χ3v) is 4.49. The quantitative estimate of drug-likeness (QED) is 0.791. The molecular weight excluding hydrogens is 256 g/mol. The fourth-order valence-electron chi connectivity index (χ4n) is 2.16. The van der Waals surface area contributed by atoms with Crippen molar-refractivity contribution >= 4 is 28.4 Å². The molecule has 1 aliphatic rings. The largest absolute Gasteiger partial charge is 0.321 e. The van der Waals surface area contributed by atoms with Crippen LogP contribution in [-0.2, 0) is 0 Å². The molecule has 1 aromatic heterocycles. The summed E-state index contributed by atoms with van der Waals surface area (Å²) < 4.78 is 0. The van der Waals surface area contributed by atoms with Crippen molar-refractivity contribution in [3.05, 3.63) is 40.4 Å². The van der Waals surface area contributed by atoms with Crippen molar-refractivity contribution in [1.29, 1.82) is 0 Å². The van der Waals surface area contributed by atoms with Gasteiger partial charge in [0.25, 0.3) is 0 Å². The second kappa shape index (κ2) is 4.78. The van der Waals surface area contributed by atoms with Crippen LogP contribution in [-0.4, -0.2) is 18.3 Å². The van der Waals surface area contributed by atoms with Gasteiger partial charge < -0.3 is 4.90 Å². The van der Waals surface area contributed by atoms with Crippen molar-refractivity contribution in [3.63, 3.8) is 0 Å². The zero-order chi connectivity index (χ0) is 13.4. The Labute approximate surface area is 116 Å². The molecule has 1 aliphatic carbocycles. The summed E-state index contributed by atoms with van der Waals surface area (Å²) in [5.41, 5.74) is 3.32. The Balaban J connectivity index is 1.95. The molecule has 0 bridgehead atoms. The normalized spacial score (nSPS) is 14.4. The number of hydrogen-bond donors (Lipinski definition) is 0. The Kier molecular flexibility index (Phi) is 3.11. The van der Waals surface area contributed by atoms with E-state index in [2.05, 4.69) is 35.0 Å². The average Bonchev–Trinajstić information content (AvgIpc) is 3.17. The van der Waals surface area contributed by atoms with Gasteiger partial charge in [-0.05, 0) is 37.5 Å². The third-order valence-electron chi connectivity index (χ3n) is 3.42. The zero-order valence-electron chi connectivity index (χ0n) is 11.1. The number of aromatic nitrogens is 1. The molecule has 0 atom stereocenters. The van der Waals surface area contributed by atoms with Crippen LogP contribution < -0.4 is 4.90 Å². The molecule has 0 amide bonds. The van der Waals surface area contributed by atoms with Gasteiger partial charge in [0.1, 0.15) is 0 Å². The lowest BCUT2D eigenvalue weighted by Gasteiger charge is -2.16. The number of aryl methyl sites for hydroxylation is 1. The predicted molar refractivity (Wildman–Crippen MR) is 78.7 cm³/mol. The summed E-state index contributed by atoms with van der Waals surface area (Å²) in [6.07, 6.45) is 3.27. The molecule has 0 aliphatic heterocycles. The number of carbonyl (C=O) groups is 1. The summed E-state index contributed by atoms with van der Waals surface area (Å²) >= 11 is 1.48. The first-order valence-electron chi connectivity index (χ1n) is 6.45. The lowest BCUT2D eigenvalue weighted by atomic mass is 10.2. The Bertz CT molecular complexity index is 616. The molecule has 0 N–H and O–H groups in total. The maximum Gasteiger partial charge on any atom is 0.190 e. The van der Waals surface area contributed by atoms with Crippen LogP contribution in [0.3, 0.4) is 0 Å². The summed E-state index contributed by atoms with van der Waals surface area (Å²) in [5, 5.41) is 0.898. The summed E-state index contributed by atoms with van der Waals surface area (Å²) in [6.45, 7) is 2.08. The Morgan fingerprint density at radius 3 is 2.84 bits per heavy atom. The van der Waals surface area contributed by atoms with Crippen LogP contribution in [0.5, 0.6) is 0 Å². The van der Waals surface area contributed by atoms with Crippen LogP contribution in [0.25, 0.3) is 0 Å². The number of hydrogen-bond acceptors (Lipinski definition) is 4. The molecule has 1 heterocycles. The van der Waals surface area contributed by atoms with E-state index >= 15 is 0 Å². The maximum atomic E-state index is 11.1. The number of anilines is 2. The molecule has 1 aromatic carbocycles. The van der Waals surface area contributed by atoms with E-state index < -0.39 is 0 Å².